The zero-order chi connectivity index (χ0) is 11.5. The summed E-state index contributed by atoms with van der Waals surface area (Å²) in [6.07, 6.45) is 1.69. The second-order valence-electron chi connectivity index (χ2n) is 3.74. The van der Waals surface area contributed by atoms with Gasteiger partial charge in [-0.15, -0.1) is 11.8 Å². The van der Waals surface area contributed by atoms with Crippen LogP contribution in [-0.2, 0) is 14.6 Å². The Labute approximate surface area is 94.4 Å². The molecule has 1 aliphatic rings. The Kier molecular flexibility index (Phi) is 4.06. The van der Waals surface area contributed by atoms with E-state index in [0.29, 0.717) is 6.42 Å². The third kappa shape index (κ3) is 3.11. The lowest BCUT2D eigenvalue weighted by atomic mass is 10.0. The number of hydrogen-bond acceptors (Lipinski definition) is 4. The summed E-state index contributed by atoms with van der Waals surface area (Å²) in [7, 11) is -3.06. The Morgan fingerprint density at radius 2 is 2.20 bits per heavy atom. The van der Waals surface area contributed by atoms with Gasteiger partial charge in [-0.1, -0.05) is 6.92 Å². The fourth-order valence-corrected chi connectivity index (χ4v) is 4.05. The molecular formula is C9H16O4S2. The lowest BCUT2D eigenvalue weighted by Gasteiger charge is -2.22. The SMILES string of the molecule is CCS(=O)(=O)CCC1(C(=O)O)CCCS1. The summed E-state index contributed by atoms with van der Waals surface area (Å²) in [5.41, 5.74) is 0. The standard InChI is InChI=1S/C9H16O4S2/c1-2-15(12,13)7-5-9(8(10)11)4-3-6-14-9/h2-7H2,1H3,(H,10,11). The molecule has 15 heavy (non-hydrogen) atoms. The van der Waals surface area contributed by atoms with Crippen LogP contribution in [0.15, 0.2) is 0 Å². The first-order valence-electron chi connectivity index (χ1n) is 5.00. The van der Waals surface area contributed by atoms with Crippen molar-refractivity contribution in [1.29, 1.82) is 0 Å². The number of thioether (sulfide) groups is 1. The lowest BCUT2D eigenvalue weighted by molar-refractivity contribution is -0.140. The number of rotatable bonds is 5. The molecule has 0 radical (unpaired) electrons. The molecule has 4 nitrogen and oxygen atoms in total. The smallest absolute Gasteiger partial charge is 0.319 e. The first-order valence-corrected chi connectivity index (χ1v) is 7.80. The fraction of sp³-hybridized carbons (Fsp3) is 0.889. The molecule has 1 saturated heterocycles. The molecule has 0 amide bonds. The number of carbonyl (C=O) groups is 1. The van der Waals surface area contributed by atoms with E-state index >= 15 is 0 Å². The molecule has 0 aromatic rings. The van der Waals surface area contributed by atoms with E-state index in [9.17, 15) is 13.2 Å². The highest BCUT2D eigenvalue weighted by Gasteiger charge is 2.42. The Bertz CT molecular complexity index is 328. The van der Waals surface area contributed by atoms with Crippen molar-refractivity contribution in [3.63, 3.8) is 0 Å². The van der Waals surface area contributed by atoms with Gasteiger partial charge in [0.2, 0.25) is 0 Å². The van der Waals surface area contributed by atoms with Crippen molar-refractivity contribution in [3.8, 4) is 0 Å². The Hall–Kier alpha value is -0.230. The second kappa shape index (κ2) is 4.74. The van der Waals surface area contributed by atoms with Gasteiger partial charge in [0, 0.05) is 5.75 Å². The van der Waals surface area contributed by atoms with Gasteiger partial charge < -0.3 is 5.11 Å². The number of sulfone groups is 1. The third-order valence-corrected chi connectivity index (χ3v) is 6.08. The molecule has 1 rings (SSSR count). The minimum Gasteiger partial charge on any atom is -0.480 e. The van der Waals surface area contributed by atoms with Crippen molar-refractivity contribution >= 4 is 27.6 Å². The average Bonchev–Trinajstić information content (AvgIpc) is 2.65. The van der Waals surface area contributed by atoms with Crippen LogP contribution < -0.4 is 0 Å². The number of carboxylic acids is 1. The maximum atomic E-state index is 11.3. The van der Waals surface area contributed by atoms with Crippen LogP contribution >= 0.6 is 11.8 Å². The van der Waals surface area contributed by atoms with Crippen molar-refractivity contribution < 1.29 is 18.3 Å². The highest BCUT2D eigenvalue weighted by molar-refractivity contribution is 8.01. The molecule has 1 heterocycles. The fourth-order valence-electron chi connectivity index (χ4n) is 1.63. The monoisotopic (exact) mass is 252 g/mol. The molecule has 0 aliphatic carbocycles. The van der Waals surface area contributed by atoms with Crippen molar-refractivity contribution in [2.45, 2.75) is 30.9 Å². The number of hydrogen-bond donors (Lipinski definition) is 1. The molecule has 6 heteroatoms. The van der Waals surface area contributed by atoms with Gasteiger partial charge in [0.15, 0.2) is 0 Å². The molecule has 88 valence electrons. The van der Waals surface area contributed by atoms with E-state index in [1.807, 2.05) is 0 Å². The van der Waals surface area contributed by atoms with Crippen LogP contribution in [0.5, 0.6) is 0 Å². The molecule has 0 spiro atoms. The average molecular weight is 252 g/mol. The van der Waals surface area contributed by atoms with E-state index in [-0.39, 0.29) is 17.9 Å². The summed E-state index contributed by atoms with van der Waals surface area (Å²) >= 11 is 1.39. The number of carboxylic acid groups (broad SMARTS) is 1. The zero-order valence-electron chi connectivity index (χ0n) is 8.73. The van der Waals surface area contributed by atoms with Gasteiger partial charge in [-0.05, 0) is 25.0 Å². The molecule has 1 atom stereocenters. The molecule has 0 saturated carbocycles. The molecule has 1 unspecified atom stereocenters. The van der Waals surface area contributed by atoms with Gasteiger partial charge in [-0.2, -0.15) is 0 Å². The summed E-state index contributed by atoms with van der Waals surface area (Å²) in [4.78, 5) is 11.1. The Morgan fingerprint density at radius 1 is 1.53 bits per heavy atom. The summed E-state index contributed by atoms with van der Waals surface area (Å²) in [5.74, 6) is 0.0329. The Morgan fingerprint density at radius 3 is 2.60 bits per heavy atom. The minimum absolute atomic E-state index is 0.0111. The van der Waals surface area contributed by atoms with Gasteiger partial charge in [-0.25, -0.2) is 8.42 Å². The highest BCUT2D eigenvalue weighted by atomic mass is 32.2. The van der Waals surface area contributed by atoms with Gasteiger partial charge in [0.1, 0.15) is 14.6 Å². The largest absolute Gasteiger partial charge is 0.480 e. The minimum atomic E-state index is -3.06. The normalized spacial score (nSPS) is 26.7. The third-order valence-electron chi connectivity index (χ3n) is 2.75. The summed E-state index contributed by atoms with van der Waals surface area (Å²) in [5, 5.41) is 9.12. The summed E-state index contributed by atoms with van der Waals surface area (Å²) in [6, 6.07) is 0. The molecule has 0 bridgehead atoms. The summed E-state index contributed by atoms with van der Waals surface area (Å²) < 4.78 is 21.8. The highest BCUT2D eigenvalue weighted by Crippen LogP contribution is 2.41. The predicted octanol–water partition coefficient (Wildman–Crippen LogP) is 1.16. The first-order chi connectivity index (χ1) is 6.92. The zero-order valence-corrected chi connectivity index (χ0v) is 10.4. The Balaban J connectivity index is 2.65. The molecule has 0 aromatic heterocycles. The van der Waals surface area contributed by atoms with Crippen LogP contribution in [0.2, 0.25) is 0 Å². The topological polar surface area (TPSA) is 71.4 Å². The molecule has 1 N–H and O–H groups in total. The first kappa shape index (κ1) is 12.8. The molecular weight excluding hydrogens is 236 g/mol. The van der Waals surface area contributed by atoms with E-state index < -0.39 is 20.6 Å². The maximum Gasteiger partial charge on any atom is 0.319 e. The molecule has 1 fully saturated rings. The van der Waals surface area contributed by atoms with Gasteiger partial charge in [0.05, 0.1) is 5.75 Å². The predicted molar refractivity (Wildman–Crippen MR) is 61.0 cm³/mol. The van der Waals surface area contributed by atoms with Crippen LogP contribution in [0.3, 0.4) is 0 Å². The van der Waals surface area contributed by atoms with Crippen LogP contribution in [0, 0.1) is 0 Å². The van der Waals surface area contributed by atoms with Crippen molar-refractivity contribution in [2.75, 3.05) is 17.3 Å². The van der Waals surface area contributed by atoms with Crippen LogP contribution in [0.4, 0.5) is 0 Å². The quantitative estimate of drug-likeness (QED) is 0.795. The van der Waals surface area contributed by atoms with Gasteiger partial charge >= 0.3 is 5.97 Å². The van der Waals surface area contributed by atoms with E-state index in [4.69, 9.17) is 5.11 Å². The van der Waals surface area contributed by atoms with Crippen LogP contribution in [-0.4, -0.2) is 41.5 Å². The van der Waals surface area contributed by atoms with E-state index in [1.54, 1.807) is 6.92 Å². The van der Waals surface area contributed by atoms with Crippen molar-refractivity contribution in [1.82, 2.24) is 0 Å². The molecule has 1 aliphatic heterocycles. The van der Waals surface area contributed by atoms with Crippen LogP contribution in [0.25, 0.3) is 0 Å². The van der Waals surface area contributed by atoms with Crippen LogP contribution in [0.1, 0.15) is 26.2 Å². The second-order valence-corrected chi connectivity index (χ2v) is 7.69. The van der Waals surface area contributed by atoms with Crippen molar-refractivity contribution in [2.24, 2.45) is 0 Å². The van der Waals surface area contributed by atoms with Gasteiger partial charge in [0.25, 0.3) is 0 Å². The van der Waals surface area contributed by atoms with E-state index in [2.05, 4.69) is 0 Å². The maximum absolute atomic E-state index is 11.3. The summed E-state index contributed by atoms with van der Waals surface area (Å²) in [6.45, 7) is 1.59. The van der Waals surface area contributed by atoms with Crippen molar-refractivity contribution in [3.05, 3.63) is 0 Å². The van der Waals surface area contributed by atoms with E-state index in [1.165, 1.54) is 11.8 Å². The molecule has 0 aromatic carbocycles. The number of aliphatic carboxylic acids is 1. The van der Waals surface area contributed by atoms with E-state index in [0.717, 1.165) is 12.2 Å². The lowest BCUT2D eigenvalue weighted by Crippen LogP contribution is -2.34. The van der Waals surface area contributed by atoms with Gasteiger partial charge in [-0.3, -0.25) is 4.79 Å².